The van der Waals surface area contributed by atoms with E-state index in [1.807, 2.05) is 13.0 Å². The Labute approximate surface area is 131 Å². The van der Waals surface area contributed by atoms with Crippen molar-refractivity contribution in [3.63, 3.8) is 0 Å². The molecule has 114 valence electrons. The number of aryl methyl sites for hydroxylation is 1. The van der Waals surface area contributed by atoms with Crippen LogP contribution in [0.25, 0.3) is 0 Å². The first-order chi connectivity index (χ1) is 9.13. The molecule has 20 heavy (non-hydrogen) atoms. The summed E-state index contributed by atoms with van der Waals surface area (Å²) >= 11 is 6.10. The molecule has 0 spiro atoms. The highest BCUT2D eigenvalue weighted by molar-refractivity contribution is 6.30. The first-order valence-electron chi connectivity index (χ1n) is 6.68. The number of nitrogens with zero attached hydrogens (tertiary/aromatic N) is 1. The quantitative estimate of drug-likeness (QED) is 0.795. The van der Waals surface area contributed by atoms with Crippen LogP contribution in [0.3, 0.4) is 0 Å². The van der Waals surface area contributed by atoms with Gasteiger partial charge in [-0.1, -0.05) is 11.6 Å². The predicted molar refractivity (Wildman–Crippen MR) is 84.0 cm³/mol. The summed E-state index contributed by atoms with van der Waals surface area (Å²) < 4.78 is 0. The Hall–Kier alpha value is -0.520. The summed E-state index contributed by atoms with van der Waals surface area (Å²) in [4.78, 5) is 2.29. The summed E-state index contributed by atoms with van der Waals surface area (Å²) in [6, 6.07) is 3.59. The minimum atomic E-state index is 0. The number of nitrogens with one attached hydrogen (secondary N) is 1. The number of aliphatic hydroxyl groups excluding tert-OH is 1. The first-order valence-corrected chi connectivity index (χ1v) is 7.06. The van der Waals surface area contributed by atoms with E-state index in [2.05, 4.69) is 10.2 Å². The van der Waals surface area contributed by atoms with Crippen LogP contribution in [0.5, 0.6) is 5.75 Å². The zero-order valence-corrected chi connectivity index (χ0v) is 13.2. The Morgan fingerprint density at radius 1 is 1.35 bits per heavy atom. The lowest BCUT2D eigenvalue weighted by Gasteiger charge is -2.35. The maximum absolute atomic E-state index is 10.3. The Balaban J connectivity index is 0.00000200. The summed E-state index contributed by atoms with van der Waals surface area (Å²) in [7, 11) is 0. The van der Waals surface area contributed by atoms with Gasteiger partial charge in [0.25, 0.3) is 0 Å². The van der Waals surface area contributed by atoms with E-state index in [1.54, 1.807) is 6.07 Å². The van der Waals surface area contributed by atoms with E-state index in [9.17, 15) is 10.2 Å². The molecule has 0 radical (unpaired) electrons. The Morgan fingerprint density at radius 3 is 2.60 bits per heavy atom. The van der Waals surface area contributed by atoms with Crippen LogP contribution in [0.4, 0.5) is 0 Å². The van der Waals surface area contributed by atoms with Gasteiger partial charge in [-0.15, -0.1) is 12.4 Å². The number of halogens is 2. The molecular weight excluding hydrogens is 299 g/mol. The number of piperazine rings is 1. The van der Waals surface area contributed by atoms with Gasteiger partial charge in [0.05, 0.1) is 0 Å². The van der Waals surface area contributed by atoms with Crippen molar-refractivity contribution >= 4 is 24.0 Å². The van der Waals surface area contributed by atoms with Crippen molar-refractivity contribution < 1.29 is 10.2 Å². The maximum atomic E-state index is 10.3. The van der Waals surface area contributed by atoms with Crippen LogP contribution in [-0.2, 0) is 0 Å². The summed E-state index contributed by atoms with van der Waals surface area (Å²) in [6.07, 6.45) is 0.605. The highest BCUT2D eigenvalue weighted by atomic mass is 35.5. The largest absolute Gasteiger partial charge is 0.507 e. The standard InChI is InChI=1S/C14H21ClN2O2.ClH/c1-10-8-11(15)9-12(14(10)19)13(2-7-18)17-5-3-16-4-6-17;/h8-9,13,16,18-19H,2-7H2,1H3;1H/t13-;/m1./s1. The lowest BCUT2D eigenvalue weighted by molar-refractivity contribution is 0.139. The van der Waals surface area contributed by atoms with Crippen molar-refractivity contribution in [3.05, 3.63) is 28.3 Å². The molecular formula is C14H22Cl2N2O2. The molecule has 1 aromatic carbocycles. The zero-order chi connectivity index (χ0) is 13.8. The zero-order valence-electron chi connectivity index (χ0n) is 11.6. The lowest BCUT2D eigenvalue weighted by Crippen LogP contribution is -2.45. The van der Waals surface area contributed by atoms with Crippen LogP contribution in [0.2, 0.25) is 5.02 Å². The monoisotopic (exact) mass is 320 g/mol. The molecule has 0 aromatic heterocycles. The number of aromatic hydroxyl groups is 1. The van der Waals surface area contributed by atoms with E-state index < -0.39 is 0 Å². The summed E-state index contributed by atoms with van der Waals surface area (Å²) in [5.74, 6) is 0.293. The van der Waals surface area contributed by atoms with Crippen molar-refractivity contribution in [2.75, 3.05) is 32.8 Å². The normalized spacial score (nSPS) is 17.6. The molecule has 1 aliphatic rings. The van der Waals surface area contributed by atoms with Crippen molar-refractivity contribution in [1.82, 2.24) is 10.2 Å². The molecule has 1 atom stereocenters. The van der Waals surface area contributed by atoms with Gasteiger partial charge in [-0.2, -0.15) is 0 Å². The van der Waals surface area contributed by atoms with Crippen molar-refractivity contribution in [1.29, 1.82) is 0 Å². The fraction of sp³-hybridized carbons (Fsp3) is 0.571. The molecule has 4 nitrogen and oxygen atoms in total. The third-order valence-electron chi connectivity index (χ3n) is 3.65. The van der Waals surface area contributed by atoms with Crippen LogP contribution in [0.15, 0.2) is 12.1 Å². The van der Waals surface area contributed by atoms with Crippen LogP contribution < -0.4 is 5.32 Å². The van der Waals surface area contributed by atoms with Crippen LogP contribution in [-0.4, -0.2) is 47.9 Å². The first kappa shape index (κ1) is 17.5. The highest BCUT2D eigenvalue weighted by Gasteiger charge is 2.25. The topological polar surface area (TPSA) is 55.7 Å². The maximum Gasteiger partial charge on any atom is 0.123 e. The lowest BCUT2D eigenvalue weighted by atomic mass is 9.98. The minimum absolute atomic E-state index is 0. The fourth-order valence-electron chi connectivity index (χ4n) is 2.67. The summed E-state index contributed by atoms with van der Waals surface area (Å²) in [5.41, 5.74) is 1.60. The van der Waals surface area contributed by atoms with E-state index in [0.29, 0.717) is 17.2 Å². The van der Waals surface area contributed by atoms with Gasteiger partial charge in [-0.3, -0.25) is 4.90 Å². The van der Waals surface area contributed by atoms with Gasteiger partial charge in [0.15, 0.2) is 0 Å². The second-order valence-electron chi connectivity index (χ2n) is 4.97. The highest BCUT2D eigenvalue weighted by Crippen LogP contribution is 2.35. The number of aliphatic hydroxyl groups is 1. The van der Waals surface area contributed by atoms with E-state index in [-0.39, 0.29) is 25.1 Å². The molecule has 0 amide bonds. The molecule has 3 N–H and O–H groups in total. The number of hydrogen-bond donors (Lipinski definition) is 3. The van der Waals surface area contributed by atoms with E-state index in [0.717, 1.165) is 37.3 Å². The minimum Gasteiger partial charge on any atom is -0.507 e. The van der Waals surface area contributed by atoms with Gasteiger partial charge in [0, 0.05) is 49.4 Å². The van der Waals surface area contributed by atoms with Crippen LogP contribution in [0.1, 0.15) is 23.6 Å². The van der Waals surface area contributed by atoms with Gasteiger partial charge < -0.3 is 15.5 Å². The Morgan fingerprint density at radius 2 is 2.00 bits per heavy atom. The van der Waals surface area contributed by atoms with Gasteiger partial charge in [-0.25, -0.2) is 0 Å². The second kappa shape index (κ2) is 8.05. The third kappa shape index (κ3) is 3.99. The fourth-order valence-corrected chi connectivity index (χ4v) is 2.95. The van der Waals surface area contributed by atoms with Crippen LogP contribution in [0, 0.1) is 6.92 Å². The molecule has 1 heterocycles. The van der Waals surface area contributed by atoms with Crippen molar-refractivity contribution in [3.8, 4) is 5.75 Å². The van der Waals surface area contributed by atoms with E-state index in [1.165, 1.54) is 0 Å². The average molecular weight is 321 g/mol. The average Bonchev–Trinajstić information content (AvgIpc) is 2.41. The SMILES string of the molecule is Cc1cc(Cl)cc([C@@H](CCO)N2CCNCC2)c1O.Cl. The van der Waals surface area contributed by atoms with Crippen molar-refractivity contribution in [2.24, 2.45) is 0 Å². The summed E-state index contributed by atoms with van der Waals surface area (Å²) in [5, 5.41) is 23.5. The molecule has 0 saturated carbocycles. The van der Waals surface area contributed by atoms with Gasteiger partial charge in [0.1, 0.15) is 5.75 Å². The molecule has 0 bridgehead atoms. The number of phenolic OH excluding ortho intramolecular Hbond substituents is 1. The molecule has 1 aliphatic heterocycles. The molecule has 1 saturated heterocycles. The molecule has 0 aliphatic carbocycles. The number of phenols is 1. The smallest absolute Gasteiger partial charge is 0.123 e. The molecule has 2 rings (SSSR count). The number of hydrogen-bond acceptors (Lipinski definition) is 4. The second-order valence-corrected chi connectivity index (χ2v) is 5.41. The van der Waals surface area contributed by atoms with Gasteiger partial charge in [-0.05, 0) is 31.0 Å². The molecule has 6 heteroatoms. The number of rotatable bonds is 4. The van der Waals surface area contributed by atoms with E-state index in [4.69, 9.17) is 11.6 Å². The third-order valence-corrected chi connectivity index (χ3v) is 3.87. The summed E-state index contributed by atoms with van der Waals surface area (Å²) in [6.45, 7) is 5.63. The molecule has 0 unspecified atom stereocenters. The molecule has 1 fully saturated rings. The van der Waals surface area contributed by atoms with Crippen LogP contribution >= 0.6 is 24.0 Å². The Kier molecular flexibility index (Phi) is 7.06. The van der Waals surface area contributed by atoms with Crippen molar-refractivity contribution in [2.45, 2.75) is 19.4 Å². The Bertz CT molecular complexity index is 437. The molecule has 1 aromatic rings. The van der Waals surface area contributed by atoms with E-state index >= 15 is 0 Å². The van der Waals surface area contributed by atoms with Gasteiger partial charge >= 0.3 is 0 Å². The van der Waals surface area contributed by atoms with Gasteiger partial charge in [0.2, 0.25) is 0 Å². The predicted octanol–water partition coefficient (Wildman–Crippen LogP) is 2.10. The number of benzene rings is 1.